The molecule has 1 aliphatic carbocycles. The van der Waals surface area contributed by atoms with Crippen LogP contribution < -0.4 is 4.74 Å². The van der Waals surface area contributed by atoms with Crippen molar-refractivity contribution in [2.24, 2.45) is 5.92 Å². The summed E-state index contributed by atoms with van der Waals surface area (Å²) in [4.78, 5) is 7.87. The van der Waals surface area contributed by atoms with Crippen LogP contribution in [-0.2, 0) is 12.3 Å². The number of halogens is 16. The van der Waals surface area contributed by atoms with Crippen molar-refractivity contribution in [1.82, 2.24) is 9.97 Å². The summed E-state index contributed by atoms with van der Waals surface area (Å²) in [6.45, 7) is 0. The summed E-state index contributed by atoms with van der Waals surface area (Å²) >= 11 is 0. The summed E-state index contributed by atoms with van der Waals surface area (Å²) in [5.41, 5.74) is -0.561. The molecule has 2 aliphatic rings. The summed E-state index contributed by atoms with van der Waals surface area (Å²) < 4.78 is 226. The normalized spacial score (nSPS) is 17.9. The van der Waals surface area contributed by atoms with Crippen LogP contribution in [-0.4, -0.2) is 51.9 Å². The third-order valence-electron chi connectivity index (χ3n) is 10.0. The Morgan fingerprint density at radius 1 is 0.625 bits per heavy atom. The number of ether oxygens (including phenoxy) is 1. The van der Waals surface area contributed by atoms with E-state index in [0.29, 0.717) is 23.3 Å². The molecule has 1 saturated carbocycles. The predicted octanol–water partition coefficient (Wildman–Crippen LogP) is 13.0. The molecule has 3 aromatic rings. The molecular weight excluding hydrogens is 792 g/mol. The highest BCUT2D eigenvalue weighted by atomic mass is 19.4. The molecule has 1 aliphatic heterocycles. The predicted molar refractivity (Wildman–Crippen MR) is 170 cm³/mol. The highest BCUT2D eigenvalue weighted by Gasteiger charge is 2.91. The van der Waals surface area contributed by atoms with E-state index in [1.54, 1.807) is 12.1 Å². The van der Waals surface area contributed by atoms with Gasteiger partial charge in [-0.3, -0.25) is 0 Å². The first-order valence-corrected chi connectivity index (χ1v) is 17.6. The summed E-state index contributed by atoms with van der Waals surface area (Å²) in [6, 6.07) is 8.58. The summed E-state index contributed by atoms with van der Waals surface area (Å²) in [5.74, 6) is -47.0. The minimum Gasteiger partial charge on any atom is -0.483 e. The van der Waals surface area contributed by atoms with Crippen LogP contribution in [0.15, 0.2) is 48.8 Å². The van der Waals surface area contributed by atoms with Gasteiger partial charge in [-0.1, -0.05) is 82.1 Å². The Balaban J connectivity index is 1.23. The Hall–Kier alpha value is -3.80. The first-order chi connectivity index (χ1) is 25.9. The number of hydrogen-bond acceptors (Lipinski definition) is 3. The van der Waals surface area contributed by atoms with E-state index in [9.17, 15) is 57.1 Å². The molecule has 0 saturated heterocycles. The van der Waals surface area contributed by atoms with Gasteiger partial charge < -0.3 is 4.74 Å². The van der Waals surface area contributed by atoms with Gasteiger partial charge in [0.25, 0.3) is 0 Å². The maximum absolute atomic E-state index is 15.5. The smallest absolute Gasteiger partial charge is 0.460 e. The first kappa shape index (κ1) is 43.3. The molecule has 3 nitrogen and oxygen atoms in total. The second-order valence-corrected chi connectivity index (χ2v) is 14.2. The van der Waals surface area contributed by atoms with Crippen LogP contribution in [0.3, 0.4) is 0 Å². The monoisotopic (exact) mass is 826 g/mol. The van der Waals surface area contributed by atoms with Gasteiger partial charge in [-0.05, 0) is 42.0 Å². The van der Waals surface area contributed by atoms with E-state index in [1.807, 2.05) is 12.1 Å². The first-order valence-electron chi connectivity index (χ1n) is 17.6. The Morgan fingerprint density at radius 2 is 1.16 bits per heavy atom. The van der Waals surface area contributed by atoms with Crippen LogP contribution in [0, 0.1) is 11.7 Å². The van der Waals surface area contributed by atoms with E-state index in [1.165, 1.54) is 57.3 Å². The zero-order valence-electron chi connectivity index (χ0n) is 29.1. The van der Waals surface area contributed by atoms with Gasteiger partial charge >= 0.3 is 41.7 Å². The van der Waals surface area contributed by atoms with Crippen LogP contribution in [0.4, 0.5) is 70.2 Å². The van der Waals surface area contributed by atoms with Crippen molar-refractivity contribution in [2.45, 2.75) is 125 Å². The highest BCUT2D eigenvalue weighted by Crippen LogP contribution is 2.62. The second kappa shape index (κ2) is 15.5. The standard InChI is InChI=1S/C37H34F16N2O/c38-29-25(30-54-19-24(20-55-30)23-14-12-22(13-15-23)9-7-5-3-1-2-4-6-8-21-10-11-21)16-17-26-28(29)32(41,42)27(56-26)18-31(39,40)33(43,44)34(45,46)35(47,48)36(49,50)37(51,52)53/h12-17,19-21,27H,1-11,18H2. The summed E-state index contributed by atoms with van der Waals surface area (Å²) in [6.07, 6.45) is 0.903. The lowest BCUT2D eigenvalue weighted by Gasteiger charge is -2.40. The number of unbranched alkanes of at least 4 members (excludes halogenated alkanes) is 6. The quantitative estimate of drug-likeness (QED) is 0.0946. The summed E-state index contributed by atoms with van der Waals surface area (Å²) in [5, 5.41) is 0. The minimum absolute atomic E-state index is 0.413. The molecule has 0 spiro atoms. The van der Waals surface area contributed by atoms with E-state index in [-0.39, 0.29) is 0 Å². The Morgan fingerprint density at radius 3 is 1.71 bits per heavy atom. The lowest BCUT2D eigenvalue weighted by Crippen LogP contribution is -2.70. The fraction of sp³-hybridized carbons (Fsp3) is 0.568. The van der Waals surface area contributed by atoms with Crippen molar-refractivity contribution in [1.29, 1.82) is 0 Å². The molecule has 0 N–H and O–H groups in total. The fourth-order valence-corrected chi connectivity index (χ4v) is 6.39. The maximum atomic E-state index is 15.5. The molecule has 1 fully saturated rings. The van der Waals surface area contributed by atoms with Crippen LogP contribution >= 0.6 is 0 Å². The third-order valence-corrected chi connectivity index (χ3v) is 10.0. The van der Waals surface area contributed by atoms with Crippen molar-refractivity contribution >= 4 is 0 Å². The lowest BCUT2D eigenvalue weighted by atomic mass is 9.89. The zero-order chi connectivity index (χ0) is 41.5. The fourth-order valence-electron chi connectivity index (χ4n) is 6.39. The average molecular weight is 827 g/mol. The zero-order valence-corrected chi connectivity index (χ0v) is 29.1. The number of aryl methyl sites for hydroxylation is 1. The topological polar surface area (TPSA) is 35.0 Å². The molecular formula is C37H34F16N2O. The van der Waals surface area contributed by atoms with Crippen molar-refractivity contribution in [3.05, 3.63) is 65.7 Å². The van der Waals surface area contributed by atoms with Crippen molar-refractivity contribution < 1.29 is 75.0 Å². The van der Waals surface area contributed by atoms with Gasteiger partial charge in [0, 0.05) is 18.0 Å². The van der Waals surface area contributed by atoms with Gasteiger partial charge in [0.1, 0.15) is 17.1 Å². The number of rotatable bonds is 18. The molecule has 1 unspecified atom stereocenters. The van der Waals surface area contributed by atoms with Gasteiger partial charge in [0.05, 0.1) is 12.0 Å². The largest absolute Gasteiger partial charge is 0.483 e. The van der Waals surface area contributed by atoms with Gasteiger partial charge in [-0.15, -0.1) is 0 Å². The Kier molecular flexibility index (Phi) is 12.0. The van der Waals surface area contributed by atoms with E-state index >= 15 is 13.2 Å². The number of benzene rings is 2. The van der Waals surface area contributed by atoms with Gasteiger partial charge in [-0.2, -0.15) is 65.9 Å². The Labute approximate surface area is 309 Å². The molecule has 2 heterocycles. The maximum Gasteiger partial charge on any atom is 0.460 e. The molecule has 19 heteroatoms. The van der Waals surface area contributed by atoms with Gasteiger partial charge in [0.15, 0.2) is 11.9 Å². The van der Waals surface area contributed by atoms with E-state index in [2.05, 4.69) is 14.7 Å². The number of aromatic nitrogens is 2. The number of hydrogen-bond donors (Lipinski definition) is 0. The third kappa shape index (κ3) is 8.14. The number of fused-ring (bicyclic) bond motifs is 1. The molecule has 2 aromatic carbocycles. The highest BCUT2D eigenvalue weighted by molar-refractivity contribution is 5.66. The van der Waals surface area contributed by atoms with Crippen LogP contribution in [0.25, 0.3) is 22.5 Å². The van der Waals surface area contributed by atoms with Crippen LogP contribution in [0.1, 0.15) is 81.8 Å². The molecule has 1 aromatic heterocycles. The molecule has 1 atom stereocenters. The summed E-state index contributed by atoms with van der Waals surface area (Å²) in [7, 11) is 0. The molecule has 56 heavy (non-hydrogen) atoms. The van der Waals surface area contributed by atoms with Gasteiger partial charge in [0.2, 0.25) is 0 Å². The van der Waals surface area contributed by atoms with Crippen molar-refractivity contribution in [2.75, 3.05) is 0 Å². The van der Waals surface area contributed by atoms with E-state index in [0.717, 1.165) is 37.2 Å². The van der Waals surface area contributed by atoms with E-state index in [4.69, 9.17) is 0 Å². The Bertz CT molecular complexity index is 1810. The SMILES string of the molecule is Fc1c(-c2ncc(-c3ccc(CCCCCCCCCC4CC4)cc3)cn2)ccc2c1C(F)(F)C(CC(F)(F)C(F)(F)C(F)(F)C(F)(F)C(F)(F)C(F)(F)F)O2. The minimum atomic E-state index is -8.21. The van der Waals surface area contributed by atoms with Crippen LogP contribution in [0.5, 0.6) is 5.75 Å². The number of nitrogens with zero attached hydrogens (tertiary/aromatic N) is 2. The molecule has 0 radical (unpaired) electrons. The molecule has 0 amide bonds. The van der Waals surface area contributed by atoms with Gasteiger partial charge in [-0.25, -0.2) is 14.4 Å². The number of alkyl halides is 15. The molecule has 5 rings (SSSR count). The van der Waals surface area contributed by atoms with Crippen LogP contribution in [0.2, 0.25) is 0 Å². The van der Waals surface area contributed by atoms with Crippen molar-refractivity contribution in [3.63, 3.8) is 0 Å². The van der Waals surface area contributed by atoms with E-state index < -0.39 is 82.8 Å². The lowest BCUT2D eigenvalue weighted by molar-refractivity contribution is -0.441. The molecule has 310 valence electrons. The average Bonchev–Trinajstić information content (AvgIpc) is 3.90. The van der Waals surface area contributed by atoms with Crippen molar-refractivity contribution in [3.8, 4) is 28.3 Å². The second-order valence-electron chi connectivity index (χ2n) is 14.2. The molecule has 0 bridgehead atoms.